The lowest BCUT2D eigenvalue weighted by molar-refractivity contribution is 0.597. The van der Waals surface area contributed by atoms with Gasteiger partial charge in [0.05, 0.1) is 5.25 Å². The summed E-state index contributed by atoms with van der Waals surface area (Å²) in [5, 5.41) is -0.376. The number of hydrogen-bond acceptors (Lipinski definition) is 2. The molecular weight excluding hydrogens is 203 g/mol. The van der Waals surface area contributed by atoms with E-state index in [1.54, 1.807) is 18.2 Å². The molecule has 1 aromatic rings. The minimum atomic E-state index is -3.01. The molecule has 0 heterocycles. The van der Waals surface area contributed by atoms with E-state index < -0.39 is 9.84 Å². The van der Waals surface area contributed by atoms with E-state index in [0.29, 0.717) is 12.0 Å². The molecule has 2 nitrogen and oxygen atoms in total. The number of hydrogen-bond donors (Lipinski definition) is 0. The van der Waals surface area contributed by atoms with Crippen LogP contribution in [0.2, 0.25) is 0 Å². The third-order valence-electron chi connectivity index (χ3n) is 2.59. The molecule has 0 aliphatic heterocycles. The third-order valence-corrected chi connectivity index (χ3v) is 4.21. The first kappa shape index (κ1) is 9.65. The average Bonchev–Trinajstić information content (AvgIpc) is 2.83. The molecule has 0 N–H and O–H groups in total. The van der Waals surface area contributed by atoms with Gasteiger partial charge in [0.25, 0.3) is 0 Å². The van der Waals surface area contributed by atoms with Crippen LogP contribution in [-0.4, -0.2) is 19.9 Å². The quantitative estimate of drug-likeness (QED) is 0.751. The minimum absolute atomic E-state index is 0.133. The van der Waals surface area contributed by atoms with E-state index in [2.05, 4.69) is 0 Å². The van der Waals surface area contributed by atoms with Gasteiger partial charge in [-0.25, -0.2) is 12.8 Å². The van der Waals surface area contributed by atoms with E-state index in [0.717, 1.165) is 0 Å². The van der Waals surface area contributed by atoms with Crippen molar-refractivity contribution in [2.45, 2.75) is 17.6 Å². The molecule has 0 saturated heterocycles. The van der Waals surface area contributed by atoms with Crippen LogP contribution in [0.3, 0.4) is 0 Å². The fourth-order valence-electron chi connectivity index (χ4n) is 1.75. The number of rotatable bonds is 2. The van der Waals surface area contributed by atoms with Crippen LogP contribution in [0.1, 0.15) is 17.9 Å². The largest absolute Gasteiger partial charge is 0.229 e. The summed E-state index contributed by atoms with van der Waals surface area (Å²) < 4.78 is 35.6. The molecule has 14 heavy (non-hydrogen) atoms. The van der Waals surface area contributed by atoms with Crippen molar-refractivity contribution in [3.05, 3.63) is 35.6 Å². The highest BCUT2D eigenvalue weighted by molar-refractivity contribution is 7.91. The van der Waals surface area contributed by atoms with E-state index >= 15 is 0 Å². The van der Waals surface area contributed by atoms with Crippen LogP contribution in [0.5, 0.6) is 0 Å². The van der Waals surface area contributed by atoms with E-state index in [-0.39, 0.29) is 17.0 Å². The maximum atomic E-state index is 13.2. The number of sulfone groups is 1. The van der Waals surface area contributed by atoms with Crippen molar-refractivity contribution in [1.82, 2.24) is 0 Å². The number of halogens is 1. The van der Waals surface area contributed by atoms with Gasteiger partial charge in [0, 0.05) is 12.2 Å². The van der Waals surface area contributed by atoms with E-state index in [4.69, 9.17) is 0 Å². The second kappa shape index (κ2) is 3.05. The Morgan fingerprint density at radius 2 is 2.00 bits per heavy atom. The highest BCUT2D eigenvalue weighted by Crippen LogP contribution is 2.46. The lowest BCUT2D eigenvalue weighted by Gasteiger charge is -2.00. The Kier molecular flexibility index (Phi) is 2.10. The van der Waals surface area contributed by atoms with Gasteiger partial charge in [0.2, 0.25) is 0 Å². The molecule has 1 aromatic carbocycles. The first-order valence-corrected chi connectivity index (χ1v) is 6.39. The van der Waals surface area contributed by atoms with Crippen molar-refractivity contribution in [3.8, 4) is 0 Å². The summed E-state index contributed by atoms with van der Waals surface area (Å²) in [7, 11) is -3.01. The van der Waals surface area contributed by atoms with Gasteiger partial charge in [-0.1, -0.05) is 18.2 Å². The molecule has 4 heteroatoms. The summed E-state index contributed by atoms with van der Waals surface area (Å²) in [6.45, 7) is 0. The maximum Gasteiger partial charge on any atom is 0.150 e. The van der Waals surface area contributed by atoms with Crippen molar-refractivity contribution in [2.75, 3.05) is 6.26 Å². The molecule has 0 bridgehead atoms. The maximum absolute atomic E-state index is 13.2. The normalized spacial score (nSPS) is 26.1. The number of benzene rings is 1. The lowest BCUT2D eigenvalue weighted by Crippen LogP contribution is -2.05. The van der Waals surface area contributed by atoms with E-state index in [1.165, 1.54) is 12.3 Å². The van der Waals surface area contributed by atoms with Gasteiger partial charge in [-0.3, -0.25) is 0 Å². The first-order chi connectivity index (χ1) is 6.50. The summed E-state index contributed by atoms with van der Waals surface area (Å²) in [4.78, 5) is 0. The Morgan fingerprint density at radius 1 is 1.36 bits per heavy atom. The minimum Gasteiger partial charge on any atom is -0.229 e. The summed E-state index contributed by atoms with van der Waals surface area (Å²) in [5.74, 6) is -0.435. The van der Waals surface area contributed by atoms with Crippen molar-refractivity contribution in [3.63, 3.8) is 0 Å². The molecule has 0 spiro atoms. The van der Waals surface area contributed by atoms with E-state index in [1.807, 2.05) is 0 Å². The van der Waals surface area contributed by atoms with Gasteiger partial charge < -0.3 is 0 Å². The van der Waals surface area contributed by atoms with Crippen LogP contribution in [-0.2, 0) is 9.84 Å². The van der Waals surface area contributed by atoms with Crippen LogP contribution in [0.25, 0.3) is 0 Å². The van der Waals surface area contributed by atoms with Gasteiger partial charge >= 0.3 is 0 Å². The summed E-state index contributed by atoms with van der Waals surface area (Å²) >= 11 is 0. The molecule has 0 radical (unpaired) electrons. The highest BCUT2D eigenvalue weighted by atomic mass is 32.2. The smallest absolute Gasteiger partial charge is 0.150 e. The molecule has 0 unspecified atom stereocenters. The molecule has 1 saturated carbocycles. The molecule has 1 fully saturated rings. The molecule has 76 valence electrons. The first-order valence-electron chi connectivity index (χ1n) is 4.43. The van der Waals surface area contributed by atoms with Crippen LogP contribution in [0.15, 0.2) is 24.3 Å². The van der Waals surface area contributed by atoms with Gasteiger partial charge in [0.15, 0.2) is 9.84 Å². The molecule has 2 rings (SSSR count). The van der Waals surface area contributed by atoms with Crippen LogP contribution >= 0.6 is 0 Å². The topological polar surface area (TPSA) is 34.1 Å². The second-order valence-corrected chi connectivity index (χ2v) is 6.00. The van der Waals surface area contributed by atoms with Crippen LogP contribution in [0, 0.1) is 5.82 Å². The Labute approximate surface area is 82.7 Å². The lowest BCUT2D eigenvalue weighted by atomic mass is 10.1. The average molecular weight is 214 g/mol. The summed E-state index contributed by atoms with van der Waals surface area (Å²) in [5.41, 5.74) is 0.530. The van der Waals surface area contributed by atoms with Gasteiger partial charge in [-0.2, -0.15) is 0 Å². The molecular formula is C10H11FO2S. The summed E-state index contributed by atoms with van der Waals surface area (Å²) in [6.07, 6.45) is 1.76. The Hall–Kier alpha value is -0.900. The second-order valence-electron chi connectivity index (χ2n) is 3.73. The van der Waals surface area contributed by atoms with Crippen molar-refractivity contribution >= 4 is 9.84 Å². The SMILES string of the molecule is CS(=O)(=O)[C@@H]1C[C@H]1c1ccccc1F. The zero-order valence-corrected chi connectivity index (χ0v) is 8.59. The van der Waals surface area contributed by atoms with Crippen LogP contribution < -0.4 is 0 Å². The van der Waals surface area contributed by atoms with Crippen molar-refractivity contribution in [2.24, 2.45) is 0 Å². The van der Waals surface area contributed by atoms with Crippen molar-refractivity contribution < 1.29 is 12.8 Å². The predicted octanol–water partition coefficient (Wildman–Crippen LogP) is 1.73. The summed E-state index contributed by atoms with van der Waals surface area (Å²) in [6, 6.07) is 6.37. The molecule has 0 aromatic heterocycles. The Bertz CT molecular complexity index is 453. The van der Waals surface area contributed by atoms with Crippen molar-refractivity contribution in [1.29, 1.82) is 0 Å². The molecule has 1 aliphatic rings. The van der Waals surface area contributed by atoms with Gasteiger partial charge in [-0.15, -0.1) is 0 Å². The monoisotopic (exact) mass is 214 g/mol. The standard InChI is InChI=1S/C10H11FO2S/c1-14(12,13)10-6-8(10)7-4-2-3-5-9(7)11/h2-5,8,10H,6H2,1H3/t8-,10+/m0/s1. The van der Waals surface area contributed by atoms with Crippen LogP contribution in [0.4, 0.5) is 4.39 Å². The highest BCUT2D eigenvalue weighted by Gasteiger charge is 2.46. The Morgan fingerprint density at radius 3 is 2.50 bits per heavy atom. The fraction of sp³-hybridized carbons (Fsp3) is 0.400. The van der Waals surface area contributed by atoms with Gasteiger partial charge in [0.1, 0.15) is 5.82 Å². The Balaban J connectivity index is 2.26. The third kappa shape index (κ3) is 1.66. The predicted molar refractivity (Wildman–Crippen MR) is 52.4 cm³/mol. The molecule has 0 amide bonds. The van der Waals surface area contributed by atoms with E-state index in [9.17, 15) is 12.8 Å². The zero-order valence-electron chi connectivity index (χ0n) is 7.77. The molecule has 1 aliphatic carbocycles. The molecule has 2 atom stereocenters. The van der Waals surface area contributed by atoms with Gasteiger partial charge in [-0.05, 0) is 18.1 Å². The zero-order chi connectivity index (χ0) is 10.3. The fourth-order valence-corrected chi connectivity index (χ4v) is 3.05.